The lowest BCUT2D eigenvalue weighted by atomic mass is 10.3. The van der Waals surface area contributed by atoms with Crippen LogP contribution in [0.2, 0.25) is 0 Å². The summed E-state index contributed by atoms with van der Waals surface area (Å²) in [6.45, 7) is 3.04. The predicted octanol–water partition coefficient (Wildman–Crippen LogP) is 1.21. The van der Waals surface area contributed by atoms with E-state index in [1.165, 1.54) is 4.68 Å². The molecule has 0 saturated carbocycles. The highest BCUT2D eigenvalue weighted by atomic mass is 79.9. The number of nitrogens with one attached hydrogen (secondary N) is 1. The number of aliphatic hydroxyl groups is 1. The third-order valence-electron chi connectivity index (χ3n) is 2.14. The quantitative estimate of drug-likeness (QED) is 0.773. The predicted molar refractivity (Wildman–Crippen MR) is 66.7 cm³/mol. The summed E-state index contributed by atoms with van der Waals surface area (Å²) in [5.74, 6) is 0. The molecule has 1 heterocycles. The lowest BCUT2D eigenvalue weighted by molar-refractivity contribution is 0.266. The average Bonchev–Trinajstić information content (AvgIpc) is 2.28. The third kappa shape index (κ3) is 3.31. The smallest absolute Gasteiger partial charge is 0.283 e. The molecule has 5 nitrogen and oxygen atoms in total. The summed E-state index contributed by atoms with van der Waals surface area (Å²) in [4.78, 5) is 11.7. The maximum atomic E-state index is 11.7. The summed E-state index contributed by atoms with van der Waals surface area (Å²) < 4.78 is 1.70. The maximum absolute atomic E-state index is 11.7. The first-order valence-electron chi connectivity index (χ1n) is 5.31. The average molecular weight is 290 g/mol. The molecule has 90 valence electrons. The Hall–Kier alpha value is -0.880. The standard InChI is InChI=1S/C10H16BrN3O2/c1-2-3-4-12-8-7-13-14(5-6-15)10(16)9(8)11/h7,12,15H,2-6H2,1H3. The molecular weight excluding hydrogens is 274 g/mol. The minimum absolute atomic E-state index is 0.0953. The summed E-state index contributed by atoms with van der Waals surface area (Å²) in [5.41, 5.74) is 0.475. The topological polar surface area (TPSA) is 67.2 Å². The Balaban J connectivity index is 2.81. The fourth-order valence-electron chi connectivity index (χ4n) is 1.24. The molecule has 1 aromatic rings. The van der Waals surface area contributed by atoms with Gasteiger partial charge in [0.1, 0.15) is 4.47 Å². The van der Waals surface area contributed by atoms with Crippen molar-refractivity contribution >= 4 is 21.6 Å². The summed E-state index contributed by atoms with van der Waals surface area (Å²) in [7, 11) is 0. The van der Waals surface area contributed by atoms with Crippen LogP contribution in [0.15, 0.2) is 15.5 Å². The fraction of sp³-hybridized carbons (Fsp3) is 0.600. The van der Waals surface area contributed by atoms with Gasteiger partial charge in [0, 0.05) is 6.54 Å². The van der Waals surface area contributed by atoms with Gasteiger partial charge in [-0.15, -0.1) is 0 Å². The Labute approximate surface area is 103 Å². The van der Waals surface area contributed by atoms with Crippen molar-refractivity contribution in [3.63, 3.8) is 0 Å². The van der Waals surface area contributed by atoms with Crippen molar-refractivity contribution in [3.05, 3.63) is 21.0 Å². The van der Waals surface area contributed by atoms with Crippen LogP contribution in [-0.2, 0) is 6.54 Å². The molecule has 0 aliphatic carbocycles. The number of hydrogen-bond donors (Lipinski definition) is 2. The van der Waals surface area contributed by atoms with Crippen molar-refractivity contribution in [1.29, 1.82) is 0 Å². The fourth-order valence-corrected chi connectivity index (χ4v) is 1.69. The monoisotopic (exact) mass is 289 g/mol. The molecule has 16 heavy (non-hydrogen) atoms. The van der Waals surface area contributed by atoms with E-state index in [9.17, 15) is 4.79 Å². The third-order valence-corrected chi connectivity index (χ3v) is 2.91. The Morgan fingerprint density at radius 2 is 2.38 bits per heavy atom. The normalized spacial score (nSPS) is 10.4. The highest BCUT2D eigenvalue weighted by Crippen LogP contribution is 2.15. The Bertz CT molecular complexity index is 392. The summed E-state index contributed by atoms with van der Waals surface area (Å²) in [6, 6.07) is 0. The number of anilines is 1. The summed E-state index contributed by atoms with van der Waals surface area (Å²) in [6.07, 6.45) is 3.74. The highest BCUT2D eigenvalue weighted by molar-refractivity contribution is 9.10. The first kappa shape index (κ1) is 13.2. The molecule has 0 aliphatic heterocycles. The molecule has 0 aliphatic rings. The van der Waals surface area contributed by atoms with Crippen molar-refractivity contribution in [2.75, 3.05) is 18.5 Å². The summed E-state index contributed by atoms with van der Waals surface area (Å²) >= 11 is 3.24. The number of nitrogens with zero attached hydrogens (tertiary/aromatic N) is 2. The van der Waals surface area contributed by atoms with Gasteiger partial charge in [-0.2, -0.15) is 5.10 Å². The van der Waals surface area contributed by atoms with E-state index in [0.717, 1.165) is 19.4 Å². The first-order valence-corrected chi connectivity index (χ1v) is 6.10. The van der Waals surface area contributed by atoms with E-state index < -0.39 is 0 Å². The maximum Gasteiger partial charge on any atom is 0.283 e. The largest absolute Gasteiger partial charge is 0.394 e. The molecule has 0 aromatic carbocycles. The van der Waals surface area contributed by atoms with Crippen molar-refractivity contribution in [2.45, 2.75) is 26.3 Å². The van der Waals surface area contributed by atoms with E-state index in [1.54, 1.807) is 6.20 Å². The van der Waals surface area contributed by atoms with E-state index in [-0.39, 0.29) is 18.7 Å². The molecule has 6 heteroatoms. The van der Waals surface area contributed by atoms with Gasteiger partial charge >= 0.3 is 0 Å². The van der Waals surface area contributed by atoms with Crippen LogP contribution in [0, 0.1) is 0 Å². The van der Waals surface area contributed by atoms with E-state index >= 15 is 0 Å². The molecule has 0 unspecified atom stereocenters. The van der Waals surface area contributed by atoms with E-state index in [1.807, 2.05) is 0 Å². The van der Waals surface area contributed by atoms with Gasteiger partial charge in [-0.05, 0) is 22.4 Å². The second-order valence-corrected chi connectivity index (χ2v) is 4.20. The molecule has 0 radical (unpaired) electrons. The van der Waals surface area contributed by atoms with Crippen LogP contribution in [0.4, 0.5) is 5.69 Å². The van der Waals surface area contributed by atoms with Gasteiger partial charge in [-0.3, -0.25) is 4.79 Å². The van der Waals surface area contributed by atoms with Crippen LogP contribution >= 0.6 is 15.9 Å². The van der Waals surface area contributed by atoms with Gasteiger partial charge in [0.15, 0.2) is 0 Å². The highest BCUT2D eigenvalue weighted by Gasteiger charge is 2.07. The SMILES string of the molecule is CCCCNc1cnn(CCO)c(=O)c1Br. The summed E-state index contributed by atoms with van der Waals surface area (Å²) in [5, 5.41) is 15.8. The molecule has 0 saturated heterocycles. The van der Waals surface area contributed by atoms with Crippen LogP contribution in [0.3, 0.4) is 0 Å². The molecule has 0 bridgehead atoms. The van der Waals surface area contributed by atoms with Gasteiger partial charge in [-0.25, -0.2) is 4.68 Å². The molecular formula is C10H16BrN3O2. The zero-order chi connectivity index (χ0) is 12.0. The van der Waals surface area contributed by atoms with Crippen LogP contribution in [0.25, 0.3) is 0 Å². The van der Waals surface area contributed by atoms with Gasteiger partial charge in [-0.1, -0.05) is 13.3 Å². The molecule has 0 amide bonds. The Kier molecular flexibility index (Phi) is 5.48. The molecule has 0 spiro atoms. The van der Waals surface area contributed by atoms with Crippen molar-refractivity contribution in [3.8, 4) is 0 Å². The molecule has 0 fully saturated rings. The minimum atomic E-state index is -0.226. The number of unbranched alkanes of at least 4 members (excludes halogenated alkanes) is 1. The molecule has 0 atom stereocenters. The molecule has 1 rings (SSSR count). The van der Waals surface area contributed by atoms with Crippen LogP contribution < -0.4 is 10.9 Å². The van der Waals surface area contributed by atoms with Gasteiger partial charge < -0.3 is 10.4 Å². The van der Waals surface area contributed by atoms with Crippen LogP contribution in [0.1, 0.15) is 19.8 Å². The van der Waals surface area contributed by atoms with E-state index in [2.05, 4.69) is 33.3 Å². The van der Waals surface area contributed by atoms with Crippen LogP contribution in [0.5, 0.6) is 0 Å². The van der Waals surface area contributed by atoms with Gasteiger partial charge in [0.2, 0.25) is 0 Å². The van der Waals surface area contributed by atoms with Gasteiger partial charge in [0.05, 0.1) is 25.0 Å². The van der Waals surface area contributed by atoms with Crippen molar-refractivity contribution in [2.24, 2.45) is 0 Å². The van der Waals surface area contributed by atoms with Crippen molar-refractivity contribution < 1.29 is 5.11 Å². The lowest BCUT2D eigenvalue weighted by Gasteiger charge is -2.09. The molecule has 1 aromatic heterocycles. The Morgan fingerprint density at radius 1 is 1.62 bits per heavy atom. The van der Waals surface area contributed by atoms with Crippen molar-refractivity contribution in [1.82, 2.24) is 9.78 Å². The second kappa shape index (κ2) is 6.65. The molecule has 2 N–H and O–H groups in total. The number of hydrogen-bond acceptors (Lipinski definition) is 4. The zero-order valence-corrected chi connectivity index (χ0v) is 10.8. The number of halogens is 1. The zero-order valence-electron chi connectivity index (χ0n) is 9.24. The first-order chi connectivity index (χ1) is 7.70. The second-order valence-electron chi connectivity index (χ2n) is 3.40. The van der Waals surface area contributed by atoms with E-state index in [4.69, 9.17) is 5.11 Å². The number of rotatable bonds is 6. The number of aromatic nitrogens is 2. The van der Waals surface area contributed by atoms with E-state index in [0.29, 0.717) is 10.2 Å². The minimum Gasteiger partial charge on any atom is -0.394 e. The number of aliphatic hydroxyl groups excluding tert-OH is 1. The van der Waals surface area contributed by atoms with Crippen LogP contribution in [-0.4, -0.2) is 28.0 Å². The lowest BCUT2D eigenvalue weighted by Crippen LogP contribution is -2.26. The Morgan fingerprint density at radius 3 is 3.00 bits per heavy atom. The van der Waals surface area contributed by atoms with Gasteiger partial charge in [0.25, 0.3) is 5.56 Å².